The Balaban J connectivity index is 1.83. The lowest BCUT2D eigenvalue weighted by Gasteiger charge is -1.97. The molecule has 3 aromatic rings. The molecule has 3 rings (SSSR count). The fraction of sp³-hybridized carbons (Fsp3) is 0. The highest BCUT2D eigenvalue weighted by Crippen LogP contribution is 2.15. The van der Waals surface area contributed by atoms with Crippen molar-refractivity contribution in [2.75, 3.05) is 0 Å². The van der Waals surface area contributed by atoms with E-state index in [2.05, 4.69) is 25.6 Å². The minimum absolute atomic E-state index is 0.101. The van der Waals surface area contributed by atoms with Gasteiger partial charge >= 0.3 is 0 Å². The lowest BCUT2D eigenvalue weighted by Crippen LogP contribution is -1.94. The SMILES string of the molecule is Oc1ccccc1C=Nc1nnnn1N=Cc1ccccc1O. The lowest BCUT2D eigenvalue weighted by atomic mass is 10.2. The van der Waals surface area contributed by atoms with E-state index in [1.54, 1.807) is 48.5 Å². The fourth-order valence-electron chi connectivity index (χ4n) is 1.77. The summed E-state index contributed by atoms with van der Waals surface area (Å²) in [5, 5.41) is 34.4. The smallest absolute Gasteiger partial charge is 0.291 e. The summed E-state index contributed by atoms with van der Waals surface area (Å²) in [6.45, 7) is 0. The van der Waals surface area contributed by atoms with E-state index in [0.717, 1.165) is 4.79 Å². The largest absolute Gasteiger partial charge is 0.507 e. The van der Waals surface area contributed by atoms with Crippen molar-refractivity contribution in [3.05, 3.63) is 59.7 Å². The van der Waals surface area contributed by atoms with Crippen LogP contribution in [0.2, 0.25) is 0 Å². The Morgan fingerprint density at radius 3 is 2.13 bits per heavy atom. The average molecular weight is 308 g/mol. The lowest BCUT2D eigenvalue weighted by molar-refractivity contribution is 0.474. The third-order valence-electron chi connectivity index (χ3n) is 2.94. The summed E-state index contributed by atoms with van der Waals surface area (Å²) in [4.78, 5) is 5.21. The maximum atomic E-state index is 9.68. The second kappa shape index (κ2) is 6.48. The minimum Gasteiger partial charge on any atom is -0.507 e. The molecule has 0 amide bonds. The van der Waals surface area contributed by atoms with Gasteiger partial charge in [-0.1, -0.05) is 34.2 Å². The summed E-state index contributed by atoms with van der Waals surface area (Å²) in [5.74, 6) is 0.344. The summed E-state index contributed by atoms with van der Waals surface area (Å²) >= 11 is 0. The van der Waals surface area contributed by atoms with Crippen LogP contribution in [0.4, 0.5) is 5.95 Å². The van der Waals surface area contributed by atoms with Gasteiger partial charge in [0.1, 0.15) is 11.5 Å². The number of aromatic nitrogens is 4. The first-order valence-electron chi connectivity index (χ1n) is 6.67. The van der Waals surface area contributed by atoms with Crippen LogP contribution in [0.5, 0.6) is 11.5 Å². The maximum Gasteiger partial charge on any atom is 0.291 e. The van der Waals surface area contributed by atoms with Gasteiger partial charge in [0.2, 0.25) is 0 Å². The second-order valence-corrected chi connectivity index (χ2v) is 4.49. The van der Waals surface area contributed by atoms with Gasteiger partial charge in [-0.15, -0.1) is 0 Å². The average Bonchev–Trinajstić information content (AvgIpc) is 3.01. The number of hydrogen-bond acceptors (Lipinski definition) is 7. The van der Waals surface area contributed by atoms with Gasteiger partial charge in [0.15, 0.2) is 0 Å². The number of phenolic OH excluding ortho intramolecular Hbond substituents is 2. The predicted molar refractivity (Wildman–Crippen MR) is 84.3 cm³/mol. The Morgan fingerprint density at radius 1 is 0.870 bits per heavy atom. The number of para-hydroxylation sites is 2. The Kier molecular flexibility index (Phi) is 4.05. The van der Waals surface area contributed by atoms with Gasteiger partial charge in [0.05, 0.1) is 6.21 Å². The Morgan fingerprint density at radius 2 is 1.48 bits per heavy atom. The van der Waals surface area contributed by atoms with E-state index in [9.17, 15) is 10.2 Å². The number of aromatic hydroxyl groups is 2. The van der Waals surface area contributed by atoms with Gasteiger partial charge in [-0.25, -0.2) is 4.99 Å². The Hall–Kier alpha value is -3.55. The normalized spacial score (nSPS) is 11.5. The van der Waals surface area contributed by atoms with Crippen molar-refractivity contribution in [2.45, 2.75) is 0 Å². The first-order chi connectivity index (χ1) is 11.2. The number of benzene rings is 2. The van der Waals surface area contributed by atoms with Gasteiger partial charge in [-0.3, -0.25) is 0 Å². The van der Waals surface area contributed by atoms with Crippen molar-refractivity contribution in [2.24, 2.45) is 10.1 Å². The molecular formula is C15H12N6O2. The summed E-state index contributed by atoms with van der Waals surface area (Å²) in [6.07, 6.45) is 2.86. The van der Waals surface area contributed by atoms with E-state index in [1.807, 2.05) is 0 Å². The highest BCUT2D eigenvalue weighted by atomic mass is 16.3. The summed E-state index contributed by atoms with van der Waals surface area (Å²) in [7, 11) is 0. The molecule has 2 N–H and O–H groups in total. The zero-order chi connectivity index (χ0) is 16.1. The van der Waals surface area contributed by atoms with Crippen molar-refractivity contribution >= 4 is 18.4 Å². The molecule has 0 radical (unpaired) electrons. The number of phenols is 2. The Labute approximate surface area is 131 Å². The summed E-state index contributed by atoms with van der Waals surface area (Å²) < 4.78 is 0. The van der Waals surface area contributed by atoms with Crippen molar-refractivity contribution in [1.29, 1.82) is 0 Å². The molecule has 0 spiro atoms. The van der Waals surface area contributed by atoms with Crippen LogP contribution in [-0.2, 0) is 0 Å². The third kappa shape index (κ3) is 3.38. The topological polar surface area (TPSA) is 109 Å². The maximum absolute atomic E-state index is 9.68. The Bertz CT molecular complexity index is 802. The van der Waals surface area contributed by atoms with Crippen LogP contribution in [0.3, 0.4) is 0 Å². The molecule has 114 valence electrons. The quantitative estimate of drug-likeness (QED) is 0.713. The molecule has 0 saturated carbocycles. The zero-order valence-corrected chi connectivity index (χ0v) is 11.9. The van der Waals surface area contributed by atoms with Crippen molar-refractivity contribution in [3.8, 4) is 11.5 Å². The highest BCUT2D eigenvalue weighted by molar-refractivity contribution is 5.85. The molecule has 23 heavy (non-hydrogen) atoms. The molecule has 0 aliphatic carbocycles. The molecule has 0 atom stereocenters. The van der Waals surface area contributed by atoms with Crippen LogP contribution in [0.25, 0.3) is 0 Å². The molecule has 0 aliphatic heterocycles. The van der Waals surface area contributed by atoms with Crippen molar-refractivity contribution in [1.82, 2.24) is 20.3 Å². The molecule has 1 aromatic heterocycles. The number of nitrogens with zero attached hydrogens (tertiary/aromatic N) is 6. The number of tetrazole rings is 1. The van der Waals surface area contributed by atoms with Crippen LogP contribution in [0.1, 0.15) is 11.1 Å². The van der Waals surface area contributed by atoms with Crippen molar-refractivity contribution < 1.29 is 10.2 Å². The van der Waals surface area contributed by atoms with Gasteiger partial charge in [-0.05, 0) is 34.7 Å². The minimum atomic E-state index is 0.101. The zero-order valence-electron chi connectivity index (χ0n) is 11.9. The first kappa shape index (κ1) is 14.4. The molecule has 0 fully saturated rings. The standard InChI is InChI=1S/C15H12N6O2/c22-13-7-3-1-5-11(13)9-16-15-18-19-20-21(15)17-10-12-6-2-4-8-14(12)23/h1-10,22-23H. The second-order valence-electron chi connectivity index (χ2n) is 4.49. The molecule has 0 aliphatic rings. The number of rotatable bonds is 4. The first-order valence-corrected chi connectivity index (χ1v) is 6.67. The molecular weight excluding hydrogens is 296 g/mol. The summed E-state index contributed by atoms with van der Waals surface area (Å²) in [6, 6.07) is 13.5. The van der Waals surface area contributed by atoms with E-state index in [4.69, 9.17) is 0 Å². The number of aliphatic imine (C=N–C) groups is 1. The molecule has 8 nitrogen and oxygen atoms in total. The third-order valence-corrected chi connectivity index (χ3v) is 2.94. The highest BCUT2D eigenvalue weighted by Gasteiger charge is 2.03. The molecule has 8 heteroatoms. The van der Waals surface area contributed by atoms with Crippen LogP contribution in [-0.4, -0.2) is 43.0 Å². The van der Waals surface area contributed by atoms with E-state index in [-0.39, 0.29) is 17.4 Å². The van der Waals surface area contributed by atoms with E-state index in [1.165, 1.54) is 12.4 Å². The van der Waals surface area contributed by atoms with E-state index in [0.29, 0.717) is 11.1 Å². The fourth-order valence-corrected chi connectivity index (χ4v) is 1.77. The van der Waals surface area contributed by atoms with Gasteiger partial charge < -0.3 is 10.2 Å². The van der Waals surface area contributed by atoms with Crippen LogP contribution in [0, 0.1) is 0 Å². The molecule has 1 heterocycles. The summed E-state index contributed by atoms with van der Waals surface area (Å²) in [5.41, 5.74) is 1.06. The monoisotopic (exact) mass is 308 g/mol. The van der Waals surface area contributed by atoms with Crippen LogP contribution >= 0.6 is 0 Å². The molecule has 2 aromatic carbocycles. The van der Waals surface area contributed by atoms with Gasteiger partial charge in [-0.2, -0.15) is 5.10 Å². The van der Waals surface area contributed by atoms with Gasteiger partial charge in [0.25, 0.3) is 5.95 Å². The molecule has 0 unspecified atom stereocenters. The van der Waals surface area contributed by atoms with E-state index < -0.39 is 0 Å². The van der Waals surface area contributed by atoms with Crippen LogP contribution in [0.15, 0.2) is 58.6 Å². The van der Waals surface area contributed by atoms with Crippen molar-refractivity contribution in [3.63, 3.8) is 0 Å². The molecule has 0 saturated heterocycles. The molecule has 0 bridgehead atoms. The van der Waals surface area contributed by atoms with E-state index >= 15 is 0 Å². The number of hydrogen-bond donors (Lipinski definition) is 2. The van der Waals surface area contributed by atoms with Crippen LogP contribution < -0.4 is 0 Å². The predicted octanol–water partition coefficient (Wildman–Crippen LogP) is 1.72. The van der Waals surface area contributed by atoms with Gasteiger partial charge in [0, 0.05) is 17.3 Å².